The van der Waals surface area contributed by atoms with Crippen molar-refractivity contribution >= 4 is 23.2 Å². The van der Waals surface area contributed by atoms with Gasteiger partial charge in [0.2, 0.25) is 0 Å². The van der Waals surface area contributed by atoms with Crippen LogP contribution in [0, 0.1) is 0 Å². The number of ether oxygens (including phenoxy) is 3. The van der Waals surface area contributed by atoms with Gasteiger partial charge in [0.25, 0.3) is 0 Å². The minimum absolute atomic E-state index is 0.296. The maximum Gasteiger partial charge on any atom is 0.322 e. The van der Waals surface area contributed by atoms with E-state index in [9.17, 15) is 4.79 Å². The van der Waals surface area contributed by atoms with Gasteiger partial charge in [0.1, 0.15) is 11.7 Å². The number of benzene rings is 1. The maximum atomic E-state index is 12.3. The summed E-state index contributed by atoms with van der Waals surface area (Å²) in [5.74, 6) is -0.585. The molecule has 0 aliphatic rings. The van der Waals surface area contributed by atoms with Gasteiger partial charge in [-0.1, -0.05) is 12.1 Å². The molecule has 0 saturated heterocycles. The third-order valence-corrected chi connectivity index (χ3v) is 3.46. The van der Waals surface area contributed by atoms with E-state index in [2.05, 4.69) is 15.0 Å². The van der Waals surface area contributed by atoms with Gasteiger partial charge in [-0.3, -0.25) is 9.79 Å². The molecule has 0 bridgehead atoms. The van der Waals surface area contributed by atoms with E-state index in [-0.39, 0.29) is 0 Å². The number of nitrogens with zero attached hydrogens (tertiary/aromatic N) is 2. The Kier molecular flexibility index (Phi) is 7.56. The molecule has 1 aromatic heterocycles. The Morgan fingerprint density at radius 3 is 2.56 bits per heavy atom. The molecule has 0 radical (unpaired) electrons. The molecule has 7 heteroatoms. The lowest BCUT2D eigenvalue weighted by atomic mass is 10.1. The number of aromatic nitrogens is 2. The molecular formula is C18H25N3O4. The fourth-order valence-electron chi connectivity index (χ4n) is 2.37. The first-order valence-electron chi connectivity index (χ1n) is 8.53. The van der Waals surface area contributed by atoms with Crippen molar-refractivity contribution in [1.29, 1.82) is 0 Å². The van der Waals surface area contributed by atoms with Crippen LogP contribution in [0.5, 0.6) is 0 Å². The second kappa shape index (κ2) is 9.90. The number of hydrogen-bond acceptors (Lipinski definition) is 6. The van der Waals surface area contributed by atoms with Crippen molar-refractivity contribution < 1.29 is 19.0 Å². The Morgan fingerprint density at radius 2 is 1.92 bits per heavy atom. The summed E-state index contributed by atoms with van der Waals surface area (Å²) in [6, 6.07) is 7.60. The van der Waals surface area contributed by atoms with Crippen LogP contribution in [0.15, 0.2) is 29.3 Å². The largest absolute Gasteiger partial charge is 0.465 e. The van der Waals surface area contributed by atoms with Crippen molar-refractivity contribution in [2.24, 2.45) is 4.99 Å². The molecule has 2 aromatic rings. The predicted octanol–water partition coefficient (Wildman–Crippen LogP) is 2.68. The molecule has 0 amide bonds. The fourth-order valence-corrected chi connectivity index (χ4v) is 2.37. The van der Waals surface area contributed by atoms with E-state index in [1.165, 1.54) is 0 Å². The average Bonchev–Trinajstić information content (AvgIpc) is 3.02. The van der Waals surface area contributed by atoms with Gasteiger partial charge >= 0.3 is 5.97 Å². The van der Waals surface area contributed by atoms with E-state index in [1.54, 1.807) is 13.1 Å². The van der Waals surface area contributed by atoms with Crippen LogP contribution >= 0.6 is 0 Å². The molecule has 0 aliphatic heterocycles. The number of imidazole rings is 1. The van der Waals surface area contributed by atoms with Crippen LogP contribution in [-0.2, 0) is 19.0 Å². The number of aliphatic imine (C=N–C) groups is 1. The van der Waals surface area contributed by atoms with Crippen LogP contribution in [0.4, 0.5) is 0 Å². The first-order valence-corrected chi connectivity index (χ1v) is 8.53. The molecular weight excluding hydrogens is 322 g/mol. The molecule has 0 aliphatic carbocycles. The number of fused-ring (bicyclic) bond motifs is 1. The number of hydrogen-bond donors (Lipinski definition) is 1. The number of para-hydroxylation sites is 2. The SMILES string of the molecule is CCOC(=O)C(C=NCC(OCC)OCC)c1nc2ccccc2[nH]1. The molecule has 0 saturated carbocycles. The third kappa shape index (κ3) is 5.37. The highest BCUT2D eigenvalue weighted by atomic mass is 16.7. The Morgan fingerprint density at radius 1 is 1.20 bits per heavy atom. The second-order valence-corrected chi connectivity index (χ2v) is 5.22. The highest BCUT2D eigenvalue weighted by molar-refractivity contribution is 5.96. The van der Waals surface area contributed by atoms with E-state index in [0.29, 0.717) is 32.2 Å². The molecule has 0 fully saturated rings. The molecule has 7 nitrogen and oxygen atoms in total. The molecule has 1 atom stereocenters. The lowest BCUT2D eigenvalue weighted by Crippen LogP contribution is -2.22. The molecule has 1 N–H and O–H groups in total. The van der Waals surface area contributed by atoms with Gasteiger partial charge < -0.3 is 19.2 Å². The van der Waals surface area contributed by atoms with Crippen LogP contribution in [0.3, 0.4) is 0 Å². The highest BCUT2D eigenvalue weighted by Crippen LogP contribution is 2.18. The number of rotatable bonds is 10. The first-order chi connectivity index (χ1) is 12.2. The predicted molar refractivity (Wildman–Crippen MR) is 95.9 cm³/mol. The van der Waals surface area contributed by atoms with Crippen molar-refractivity contribution in [2.75, 3.05) is 26.4 Å². The summed E-state index contributed by atoms with van der Waals surface area (Å²) in [4.78, 5) is 24.3. The monoisotopic (exact) mass is 347 g/mol. The molecule has 136 valence electrons. The van der Waals surface area contributed by atoms with Crippen molar-refractivity contribution in [3.63, 3.8) is 0 Å². The minimum Gasteiger partial charge on any atom is -0.465 e. The van der Waals surface area contributed by atoms with Gasteiger partial charge in [-0.2, -0.15) is 0 Å². The van der Waals surface area contributed by atoms with Crippen LogP contribution in [0.2, 0.25) is 0 Å². The van der Waals surface area contributed by atoms with Gasteiger partial charge in [-0.25, -0.2) is 4.98 Å². The number of carbonyl (C=O) groups is 1. The van der Waals surface area contributed by atoms with Crippen LogP contribution < -0.4 is 0 Å². The summed E-state index contributed by atoms with van der Waals surface area (Å²) in [6.07, 6.45) is 1.12. The van der Waals surface area contributed by atoms with E-state index >= 15 is 0 Å². The van der Waals surface area contributed by atoms with Gasteiger partial charge in [-0.15, -0.1) is 0 Å². The van der Waals surface area contributed by atoms with Gasteiger partial charge in [0.15, 0.2) is 6.29 Å². The lowest BCUT2D eigenvalue weighted by molar-refractivity contribution is -0.143. The molecule has 2 rings (SSSR count). The van der Waals surface area contributed by atoms with E-state index in [4.69, 9.17) is 14.2 Å². The highest BCUT2D eigenvalue weighted by Gasteiger charge is 2.23. The van der Waals surface area contributed by atoms with Crippen LogP contribution in [0.1, 0.15) is 32.5 Å². The lowest BCUT2D eigenvalue weighted by Gasteiger charge is -2.14. The Hall–Kier alpha value is -2.25. The Bertz CT molecular complexity index is 659. The normalized spacial score (nSPS) is 13.0. The smallest absolute Gasteiger partial charge is 0.322 e. The molecule has 25 heavy (non-hydrogen) atoms. The number of carbonyl (C=O) groups excluding carboxylic acids is 1. The summed E-state index contributed by atoms with van der Waals surface area (Å²) in [6.45, 7) is 7.22. The summed E-state index contributed by atoms with van der Waals surface area (Å²) in [7, 11) is 0. The summed E-state index contributed by atoms with van der Waals surface area (Å²) in [5.41, 5.74) is 1.66. The average molecular weight is 347 g/mol. The zero-order valence-electron chi connectivity index (χ0n) is 14.9. The van der Waals surface area contributed by atoms with Crippen LogP contribution in [0.25, 0.3) is 11.0 Å². The standard InChI is InChI=1S/C18H25N3O4/c1-4-23-16(24-5-2)12-19-11-13(18(22)25-6-3)17-20-14-9-7-8-10-15(14)21-17/h7-11,13,16H,4-6,12H2,1-3H3,(H,20,21). The van der Waals surface area contributed by atoms with E-state index < -0.39 is 18.2 Å². The second-order valence-electron chi connectivity index (χ2n) is 5.22. The summed E-state index contributed by atoms with van der Waals surface area (Å²) in [5, 5.41) is 0. The van der Waals surface area contributed by atoms with Crippen molar-refractivity contribution in [3.8, 4) is 0 Å². The topological polar surface area (TPSA) is 85.8 Å². The van der Waals surface area contributed by atoms with Gasteiger partial charge in [0.05, 0.1) is 24.2 Å². The van der Waals surface area contributed by atoms with Crippen LogP contribution in [-0.4, -0.2) is 54.8 Å². The Labute approximate surface area is 147 Å². The zero-order chi connectivity index (χ0) is 18.1. The number of H-pyrrole nitrogens is 1. The molecule has 0 spiro atoms. The maximum absolute atomic E-state index is 12.3. The van der Waals surface area contributed by atoms with Gasteiger partial charge in [-0.05, 0) is 32.9 Å². The van der Waals surface area contributed by atoms with E-state index in [1.807, 2.05) is 38.1 Å². The number of esters is 1. The summed E-state index contributed by atoms with van der Waals surface area (Å²) < 4.78 is 16.1. The summed E-state index contributed by atoms with van der Waals surface area (Å²) >= 11 is 0. The molecule has 1 unspecified atom stereocenters. The number of aromatic amines is 1. The number of nitrogens with one attached hydrogen (secondary N) is 1. The van der Waals surface area contributed by atoms with Crippen molar-refractivity contribution in [1.82, 2.24) is 9.97 Å². The van der Waals surface area contributed by atoms with E-state index in [0.717, 1.165) is 11.0 Å². The third-order valence-electron chi connectivity index (χ3n) is 3.46. The van der Waals surface area contributed by atoms with Crippen molar-refractivity contribution in [2.45, 2.75) is 33.0 Å². The molecule has 1 aromatic carbocycles. The minimum atomic E-state index is -0.698. The first kappa shape index (κ1) is 19.1. The quantitative estimate of drug-likeness (QED) is 0.406. The van der Waals surface area contributed by atoms with Crippen molar-refractivity contribution in [3.05, 3.63) is 30.1 Å². The van der Waals surface area contributed by atoms with Gasteiger partial charge in [0, 0.05) is 19.4 Å². The Balaban J connectivity index is 2.17. The fraction of sp³-hybridized carbons (Fsp3) is 0.500. The zero-order valence-corrected chi connectivity index (χ0v) is 14.9. The molecule has 1 heterocycles.